The molecule has 1 aliphatic rings. The number of hydrogen-bond acceptors (Lipinski definition) is 8. The fourth-order valence-corrected chi connectivity index (χ4v) is 6.91. The molecule has 0 saturated heterocycles. The third-order valence-electron chi connectivity index (χ3n) is 8.22. The summed E-state index contributed by atoms with van der Waals surface area (Å²) in [6, 6.07) is 15.7. The number of benzene rings is 3. The standard InChI is InChI=1S/C34H43N3O8S/c1-23-11-13-25(14-12-23)21-36(24(2)34(39)35-26-9-7-8-10-26)33(38)22-37(29-19-27(42-3)15-17-30(29)43-4)46(40,41)28-16-18-31(44-5)32(20-28)45-6/h11-20,24,26H,7-10,21-22H2,1-6H3,(H,35,39). The van der Waals surface area contributed by atoms with E-state index < -0.39 is 28.5 Å². The Morgan fingerprint density at radius 2 is 1.48 bits per heavy atom. The summed E-state index contributed by atoms with van der Waals surface area (Å²) in [7, 11) is 1.29. The molecule has 0 aromatic heterocycles. The molecule has 3 aromatic rings. The van der Waals surface area contributed by atoms with Crippen LogP contribution in [0.1, 0.15) is 43.7 Å². The van der Waals surface area contributed by atoms with Crippen LogP contribution in [-0.2, 0) is 26.2 Å². The van der Waals surface area contributed by atoms with Crippen LogP contribution in [0.3, 0.4) is 0 Å². The first kappa shape index (κ1) is 34.4. The van der Waals surface area contributed by atoms with Gasteiger partial charge in [0, 0.05) is 24.7 Å². The second-order valence-electron chi connectivity index (χ2n) is 11.2. The minimum Gasteiger partial charge on any atom is -0.497 e. The highest BCUT2D eigenvalue weighted by Crippen LogP contribution is 2.38. The largest absolute Gasteiger partial charge is 0.497 e. The molecule has 2 amide bonds. The van der Waals surface area contributed by atoms with Crippen molar-refractivity contribution >= 4 is 27.5 Å². The Morgan fingerprint density at radius 3 is 2.09 bits per heavy atom. The summed E-state index contributed by atoms with van der Waals surface area (Å²) in [5.74, 6) is 0.232. The number of aryl methyl sites for hydroxylation is 1. The number of methoxy groups -OCH3 is 4. The van der Waals surface area contributed by atoms with Gasteiger partial charge in [-0.25, -0.2) is 8.42 Å². The molecule has 0 bridgehead atoms. The van der Waals surface area contributed by atoms with Crippen LogP contribution in [0.4, 0.5) is 5.69 Å². The second-order valence-corrected chi connectivity index (χ2v) is 13.1. The molecular weight excluding hydrogens is 610 g/mol. The Kier molecular flexibility index (Phi) is 11.4. The predicted molar refractivity (Wildman–Crippen MR) is 175 cm³/mol. The molecule has 1 atom stereocenters. The molecule has 0 spiro atoms. The maximum atomic E-state index is 14.4. The fourth-order valence-electron chi connectivity index (χ4n) is 5.47. The minimum absolute atomic E-state index is 0.0502. The van der Waals surface area contributed by atoms with Gasteiger partial charge in [0.25, 0.3) is 10.0 Å². The van der Waals surface area contributed by atoms with Crippen LogP contribution in [0.25, 0.3) is 0 Å². The molecule has 1 aliphatic carbocycles. The van der Waals surface area contributed by atoms with E-state index in [1.54, 1.807) is 19.1 Å². The molecule has 4 rings (SSSR count). The second kappa shape index (κ2) is 15.2. The van der Waals surface area contributed by atoms with Gasteiger partial charge in [-0.3, -0.25) is 13.9 Å². The maximum absolute atomic E-state index is 14.4. The van der Waals surface area contributed by atoms with Crippen molar-refractivity contribution in [3.8, 4) is 23.0 Å². The Morgan fingerprint density at radius 1 is 0.848 bits per heavy atom. The van der Waals surface area contributed by atoms with Crippen molar-refractivity contribution in [2.45, 2.75) is 63.1 Å². The van der Waals surface area contributed by atoms with Gasteiger partial charge >= 0.3 is 0 Å². The van der Waals surface area contributed by atoms with Crippen molar-refractivity contribution in [2.75, 3.05) is 39.3 Å². The van der Waals surface area contributed by atoms with Gasteiger partial charge in [0.15, 0.2) is 11.5 Å². The van der Waals surface area contributed by atoms with E-state index in [-0.39, 0.29) is 40.6 Å². The highest BCUT2D eigenvalue weighted by molar-refractivity contribution is 7.92. The summed E-state index contributed by atoms with van der Waals surface area (Å²) >= 11 is 0. The van der Waals surface area contributed by atoms with Crippen LogP contribution in [-0.4, -0.2) is 72.2 Å². The van der Waals surface area contributed by atoms with Crippen molar-refractivity contribution in [3.05, 3.63) is 71.8 Å². The van der Waals surface area contributed by atoms with Gasteiger partial charge in [-0.05, 0) is 56.5 Å². The van der Waals surface area contributed by atoms with Gasteiger partial charge in [0.1, 0.15) is 24.1 Å². The zero-order valence-corrected chi connectivity index (χ0v) is 28.1. The monoisotopic (exact) mass is 653 g/mol. The normalized spacial score (nSPS) is 13.9. The van der Waals surface area contributed by atoms with E-state index in [0.717, 1.165) is 41.1 Å². The Labute approximate surface area is 271 Å². The Balaban J connectivity index is 1.79. The summed E-state index contributed by atoms with van der Waals surface area (Å²) in [5, 5.41) is 3.08. The van der Waals surface area contributed by atoms with E-state index in [2.05, 4.69) is 5.32 Å². The van der Waals surface area contributed by atoms with Crippen LogP contribution < -0.4 is 28.6 Å². The van der Waals surface area contributed by atoms with E-state index in [1.165, 1.54) is 57.6 Å². The average molecular weight is 654 g/mol. The van der Waals surface area contributed by atoms with Gasteiger partial charge in [-0.1, -0.05) is 42.7 Å². The third-order valence-corrected chi connectivity index (χ3v) is 9.97. The summed E-state index contributed by atoms with van der Waals surface area (Å²) in [6.45, 7) is 3.09. The van der Waals surface area contributed by atoms with Crippen molar-refractivity contribution in [1.82, 2.24) is 10.2 Å². The number of hydrogen-bond donors (Lipinski definition) is 1. The number of carbonyl (C=O) groups excluding carboxylic acids is 2. The number of carbonyl (C=O) groups is 2. The van der Waals surface area contributed by atoms with E-state index >= 15 is 0 Å². The number of sulfonamides is 1. The topological polar surface area (TPSA) is 124 Å². The van der Waals surface area contributed by atoms with Crippen LogP contribution in [0.15, 0.2) is 65.6 Å². The Bertz CT molecular complexity index is 1620. The SMILES string of the molecule is COc1ccc(OC)c(N(CC(=O)N(Cc2ccc(C)cc2)C(C)C(=O)NC2CCCC2)S(=O)(=O)c2ccc(OC)c(OC)c2)c1. The molecular formula is C34H43N3O8S. The van der Waals surface area contributed by atoms with E-state index in [9.17, 15) is 18.0 Å². The molecule has 1 N–H and O–H groups in total. The van der Waals surface area contributed by atoms with Crippen molar-refractivity contribution in [1.29, 1.82) is 0 Å². The number of nitrogens with zero attached hydrogens (tertiary/aromatic N) is 2. The molecule has 46 heavy (non-hydrogen) atoms. The minimum atomic E-state index is -4.43. The van der Waals surface area contributed by atoms with Crippen LogP contribution in [0.2, 0.25) is 0 Å². The first-order chi connectivity index (χ1) is 22.0. The van der Waals surface area contributed by atoms with Gasteiger partial charge in [-0.15, -0.1) is 0 Å². The molecule has 1 fully saturated rings. The van der Waals surface area contributed by atoms with Gasteiger partial charge in [-0.2, -0.15) is 0 Å². The lowest BCUT2D eigenvalue weighted by molar-refractivity contribution is -0.139. The number of ether oxygens (including phenoxy) is 4. The van der Waals surface area contributed by atoms with Crippen LogP contribution in [0, 0.1) is 6.92 Å². The maximum Gasteiger partial charge on any atom is 0.265 e. The Hall–Kier alpha value is -4.45. The molecule has 0 radical (unpaired) electrons. The van der Waals surface area contributed by atoms with Crippen LogP contribution in [0.5, 0.6) is 23.0 Å². The average Bonchev–Trinajstić information content (AvgIpc) is 3.58. The molecule has 1 unspecified atom stereocenters. The molecule has 12 heteroatoms. The summed E-state index contributed by atoms with van der Waals surface area (Å²) in [5.41, 5.74) is 1.93. The lowest BCUT2D eigenvalue weighted by Gasteiger charge is -2.33. The molecule has 3 aromatic carbocycles. The molecule has 1 saturated carbocycles. The lowest BCUT2D eigenvalue weighted by Crippen LogP contribution is -2.52. The number of amides is 2. The zero-order valence-electron chi connectivity index (χ0n) is 27.2. The third kappa shape index (κ3) is 7.85. The van der Waals surface area contributed by atoms with E-state index in [4.69, 9.17) is 18.9 Å². The molecule has 0 heterocycles. The first-order valence-electron chi connectivity index (χ1n) is 15.1. The quantitative estimate of drug-likeness (QED) is 0.266. The number of anilines is 1. The fraction of sp³-hybridized carbons (Fsp3) is 0.412. The van der Waals surface area contributed by atoms with E-state index in [0.29, 0.717) is 11.5 Å². The summed E-state index contributed by atoms with van der Waals surface area (Å²) < 4.78 is 51.5. The van der Waals surface area contributed by atoms with Crippen LogP contribution >= 0.6 is 0 Å². The highest BCUT2D eigenvalue weighted by atomic mass is 32.2. The summed E-state index contributed by atoms with van der Waals surface area (Å²) in [6.07, 6.45) is 3.85. The summed E-state index contributed by atoms with van der Waals surface area (Å²) in [4.78, 5) is 29.1. The highest BCUT2D eigenvalue weighted by Gasteiger charge is 2.35. The molecule has 248 valence electrons. The number of nitrogens with one attached hydrogen (secondary N) is 1. The molecule has 11 nitrogen and oxygen atoms in total. The number of rotatable bonds is 14. The zero-order chi connectivity index (χ0) is 33.4. The predicted octanol–water partition coefficient (Wildman–Crippen LogP) is 4.70. The molecule has 0 aliphatic heterocycles. The van der Waals surface area contributed by atoms with Gasteiger partial charge in [0.05, 0.1) is 39.0 Å². The van der Waals surface area contributed by atoms with Gasteiger partial charge in [0.2, 0.25) is 11.8 Å². The van der Waals surface area contributed by atoms with Gasteiger partial charge < -0.3 is 29.2 Å². The lowest BCUT2D eigenvalue weighted by atomic mass is 10.1. The first-order valence-corrected chi connectivity index (χ1v) is 16.6. The van der Waals surface area contributed by atoms with Crippen molar-refractivity contribution in [2.24, 2.45) is 0 Å². The smallest absolute Gasteiger partial charge is 0.265 e. The van der Waals surface area contributed by atoms with E-state index in [1.807, 2.05) is 31.2 Å². The van der Waals surface area contributed by atoms with Crippen molar-refractivity contribution < 1.29 is 37.0 Å². The van der Waals surface area contributed by atoms with Crippen molar-refractivity contribution in [3.63, 3.8) is 0 Å².